The zero-order valence-corrected chi connectivity index (χ0v) is 11.7. The minimum atomic E-state index is -0.328. The molecule has 0 saturated heterocycles. The predicted octanol–water partition coefficient (Wildman–Crippen LogP) is 0.804. The van der Waals surface area contributed by atoms with Crippen molar-refractivity contribution in [1.82, 2.24) is 10.2 Å². The highest BCUT2D eigenvalue weighted by Crippen LogP contribution is 1.95. The van der Waals surface area contributed by atoms with Gasteiger partial charge in [-0.15, -0.1) is 0 Å². The molecule has 0 aromatic rings. The number of nitrogens with zero attached hydrogens (tertiary/aromatic N) is 2. The number of aliphatic imine (C=N–C) groups is 1. The van der Waals surface area contributed by atoms with E-state index in [2.05, 4.69) is 24.2 Å². The number of hydrogen-bond donors (Lipinski definition) is 2. The average Bonchev–Trinajstić information content (AvgIpc) is 2.27. The Morgan fingerprint density at radius 3 is 2.24 bits per heavy atom. The molecule has 5 nitrogen and oxygen atoms in total. The maximum atomic E-state index is 11.9. The summed E-state index contributed by atoms with van der Waals surface area (Å²) in [6.45, 7) is 12.0. The molecule has 0 aliphatic rings. The van der Waals surface area contributed by atoms with Gasteiger partial charge in [0.1, 0.15) is 6.04 Å². The summed E-state index contributed by atoms with van der Waals surface area (Å²) in [7, 11) is 0. The van der Waals surface area contributed by atoms with Gasteiger partial charge in [0.15, 0.2) is 5.96 Å². The molecule has 0 heterocycles. The van der Waals surface area contributed by atoms with Crippen molar-refractivity contribution < 1.29 is 4.79 Å². The normalized spacial score (nSPS) is 13.6. The van der Waals surface area contributed by atoms with Crippen molar-refractivity contribution in [2.75, 3.05) is 19.6 Å². The molecule has 0 rings (SSSR count). The number of rotatable bonds is 6. The molecule has 0 spiro atoms. The summed E-state index contributed by atoms with van der Waals surface area (Å²) in [4.78, 5) is 17.9. The van der Waals surface area contributed by atoms with E-state index in [1.165, 1.54) is 0 Å². The van der Waals surface area contributed by atoms with Crippen LogP contribution in [0.3, 0.4) is 0 Å². The fourth-order valence-corrected chi connectivity index (χ4v) is 1.42. The number of amides is 1. The van der Waals surface area contributed by atoms with Gasteiger partial charge in [-0.05, 0) is 26.7 Å². The van der Waals surface area contributed by atoms with E-state index in [1.807, 2.05) is 13.8 Å². The Balaban J connectivity index is 4.28. The van der Waals surface area contributed by atoms with Crippen molar-refractivity contribution in [2.24, 2.45) is 16.6 Å². The van der Waals surface area contributed by atoms with Gasteiger partial charge in [0.2, 0.25) is 5.91 Å². The van der Waals surface area contributed by atoms with Crippen LogP contribution < -0.4 is 11.1 Å². The van der Waals surface area contributed by atoms with E-state index < -0.39 is 0 Å². The lowest BCUT2D eigenvalue weighted by atomic mass is 10.2. The molecule has 1 unspecified atom stereocenters. The third-order valence-corrected chi connectivity index (χ3v) is 2.44. The molecule has 17 heavy (non-hydrogen) atoms. The van der Waals surface area contributed by atoms with Crippen LogP contribution in [0.2, 0.25) is 0 Å². The Hall–Kier alpha value is -1.26. The van der Waals surface area contributed by atoms with E-state index in [1.54, 1.807) is 11.8 Å². The number of hydrogen-bond acceptors (Lipinski definition) is 2. The molecular formula is C12H26N4O. The first-order chi connectivity index (χ1) is 7.92. The van der Waals surface area contributed by atoms with Gasteiger partial charge in [0, 0.05) is 19.6 Å². The largest absolute Gasteiger partial charge is 0.370 e. The number of nitrogens with one attached hydrogen (secondary N) is 1. The molecule has 0 saturated carbocycles. The highest BCUT2D eigenvalue weighted by molar-refractivity contribution is 5.87. The molecule has 0 aromatic heterocycles. The van der Waals surface area contributed by atoms with Crippen molar-refractivity contribution in [3.63, 3.8) is 0 Å². The van der Waals surface area contributed by atoms with E-state index in [0.29, 0.717) is 31.5 Å². The third kappa shape index (κ3) is 6.14. The Kier molecular flexibility index (Phi) is 7.34. The molecule has 0 aromatic carbocycles. The maximum Gasteiger partial charge on any atom is 0.244 e. The summed E-state index contributed by atoms with van der Waals surface area (Å²) in [5.74, 6) is 0.855. The molecule has 0 fully saturated rings. The zero-order valence-electron chi connectivity index (χ0n) is 11.7. The number of guanidine groups is 1. The minimum absolute atomic E-state index is 0.0534. The molecule has 3 N–H and O–H groups in total. The second kappa shape index (κ2) is 7.92. The highest BCUT2D eigenvalue weighted by Gasteiger charge is 2.18. The number of nitrogens with two attached hydrogens (primary N) is 1. The van der Waals surface area contributed by atoms with E-state index in [4.69, 9.17) is 5.73 Å². The third-order valence-electron chi connectivity index (χ3n) is 2.44. The summed E-state index contributed by atoms with van der Waals surface area (Å²) in [6, 6.07) is -0.328. The molecule has 0 radical (unpaired) electrons. The van der Waals surface area contributed by atoms with Crippen molar-refractivity contribution in [3.8, 4) is 0 Å². The lowest BCUT2D eigenvalue weighted by Gasteiger charge is -2.23. The van der Waals surface area contributed by atoms with Gasteiger partial charge in [-0.25, -0.2) is 0 Å². The van der Waals surface area contributed by atoms with Crippen molar-refractivity contribution in [2.45, 2.75) is 40.7 Å². The van der Waals surface area contributed by atoms with E-state index in [0.717, 1.165) is 0 Å². The Labute approximate surface area is 104 Å². The summed E-state index contributed by atoms with van der Waals surface area (Å²) in [5.41, 5.74) is 5.71. The predicted molar refractivity (Wildman–Crippen MR) is 71.9 cm³/mol. The number of carbonyl (C=O) groups excluding carboxylic acids is 1. The van der Waals surface area contributed by atoms with Gasteiger partial charge in [0.25, 0.3) is 0 Å². The van der Waals surface area contributed by atoms with Crippen LogP contribution in [0.25, 0.3) is 0 Å². The van der Waals surface area contributed by atoms with E-state index in [-0.39, 0.29) is 11.9 Å². The number of likely N-dealkylation sites (N-methyl/N-ethyl adjacent to an activating group) is 1. The second-order valence-corrected chi connectivity index (χ2v) is 4.50. The topological polar surface area (TPSA) is 70.7 Å². The zero-order chi connectivity index (χ0) is 13.4. The maximum absolute atomic E-state index is 11.9. The summed E-state index contributed by atoms with van der Waals surface area (Å²) >= 11 is 0. The lowest BCUT2D eigenvalue weighted by Crippen LogP contribution is -2.49. The van der Waals surface area contributed by atoms with Gasteiger partial charge < -0.3 is 16.0 Å². The molecule has 5 heteroatoms. The SMILES string of the molecule is CCN(CC)C(=O)C(C)NC(N)=NCC(C)C. The van der Waals surface area contributed by atoms with Crippen LogP contribution in [-0.2, 0) is 4.79 Å². The van der Waals surface area contributed by atoms with Gasteiger partial charge in [0.05, 0.1) is 0 Å². The average molecular weight is 242 g/mol. The van der Waals surface area contributed by atoms with E-state index >= 15 is 0 Å². The van der Waals surface area contributed by atoms with Crippen LogP contribution in [0, 0.1) is 5.92 Å². The molecule has 1 amide bonds. The second-order valence-electron chi connectivity index (χ2n) is 4.50. The molecular weight excluding hydrogens is 216 g/mol. The summed E-state index contributed by atoms with van der Waals surface area (Å²) in [5, 5.41) is 2.92. The van der Waals surface area contributed by atoms with Crippen LogP contribution in [0.4, 0.5) is 0 Å². The fraction of sp³-hybridized carbons (Fsp3) is 0.833. The monoisotopic (exact) mass is 242 g/mol. The molecule has 100 valence electrons. The first-order valence-corrected chi connectivity index (χ1v) is 6.27. The fourth-order valence-electron chi connectivity index (χ4n) is 1.42. The first kappa shape index (κ1) is 15.7. The van der Waals surface area contributed by atoms with Gasteiger partial charge in [-0.1, -0.05) is 13.8 Å². The van der Waals surface area contributed by atoms with Crippen LogP contribution >= 0.6 is 0 Å². The first-order valence-electron chi connectivity index (χ1n) is 6.27. The number of carbonyl (C=O) groups is 1. The minimum Gasteiger partial charge on any atom is -0.370 e. The summed E-state index contributed by atoms with van der Waals surface area (Å²) in [6.07, 6.45) is 0. The quantitative estimate of drug-likeness (QED) is 0.535. The summed E-state index contributed by atoms with van der Waals surface area (Å²) < 4.78 is 0. The van der Waals surface area contributed by atoms with Crippen LogP contribution in [0.15, 0.2) is 4.99 Å². The standard InChI is InChI=1S/C12H26N4O/c1-6-16(7-2)11(17)10(5)15-12(13)14-8-9(3)4/h9-10H,6-8H2,1-5H3,(H3,13,14,15). The molecule has 0 aliphatic heterocycles. The smallest absolute Gasteiger partial charge is 0.244 e. The van der Waals surface area contributed by atoms with E-state index in [9.17, 15) is 4.79 Å². The van der Waals surface area contributed by atoms with Crippen LogP contribution in [0.1, 0.15) is 34.6 Å². The Morgan fingerprint density at radius 2 is 1.82 bits per heavy atom. The molecule has 0 bridgehead atoms. The van der Waals surface area contributed by atoms with Crippen molar-refractivity contribution in [3.05, 3.63) is 0 Å². The highest BCUT2D eigenvalue weighted by atomic mass is 16.2. The Morgan fingerprint density at radius 1 is 1.29 bits per heavy atom. The molecule has 1 atom stereocenters. The molecule has 0 aliphatic carbocycles. The van der Waals surface area contributed by atoms with Gasteiger partial charge in [-0.2, -0.15) is 0 Å². The Bertz CT molecular complexity index is 259. The van der Waals surface area contributed by atoms with Crippen LogP contribution in [-0.4, -0.2) is 42.4 Å². The van der Waals surface area contributed by atoms with Gasteiger partial charge >= 0.3 is 0 Å². The van der Waals surface area contributed by atoms with Gasteiger partial charge in [-0.3, -0.25) is 9.79 Å². The lowest BCUT2D eigenvalue weighted by molar-refractivity contribution is -0.132. The van der Waals surface area contributed by atoms with Crippen molar-refractivity contribution in [1.29, 1.82) is 0 Å². The van der Waals surface area contributed by atoms with Crippen LogP contribution in [0.5, 0.6) is 0 Å². The van der Waals surface area contributed by atoms with Crippen molar-refractivity contribution >= 4 is 11.9 Å².